The van der Waals surface area contributed by atoms with Gasteiger partial charge in [0.15, 0.2) is 0 Å². The highest BCUT2D eigenvalue weighted by atomic mass is 16.6. The number of amides is 1. The second-order valence-corrected chi connectivity index (χ2v) is 8.98. The molecule has 3 heterocycles. The average molecular weight is 401 g/mol. The van der Waals surface area contributed by atoms with Crippen LogP contribution in [-0.4, -0.2) is 56.5 Å². The molecule has 8 nitrogen and oxygen atoms in total. The lowest BCUT2D eigenvalue weighted by molar-refractivity contribution is -0.0486. The molecule has 0 bridgehead atoms. The van der Waals surface area contributed by atoms with Crippen molar-refractivity contribution in [3.8, 4) is 5.75 Å². The molecule has 1 N–H and O–H groups in total. The van der Waals surface area contributed by atoms with E-state index >= 15 is 0 Å². The van der Waals surface area contributed by atoms with Crippen molar-refractivity contribution in [1.82, 2.24) is 14.5 Å². The summed E-state index contributed by atoms with van der Waals surface area (Å²) in [6.45, 7) is 7.14. The fourth-order valence-electron chi connectivity index (χ4n) is 4.15. The molecule has 0 unspecified atom stereocenters. The van der Waals surface area contributed by atoms with Crippen LogP contribution in [0.2, 0.25) is 0 Å². The first kappa shape index (κ1) is 19.7. The summed E-state index contributed by atoms with van der Waals surface area (Å²) >= 11 is 0. The van der Waals surface area contributed by atoms with Crippen molar-refractivity contribution >= 4 is 17.0 Å². The van der Waals surface area contributed by atoms with Crippen molar-refractivity contribution in [2.45, 2.75) is 57.3 Å². The molecule has 2 aliphatic rings. The van der Waals surface area contributed by atoms with Gasteiger partial charge >= 0.3 is 6.09 Å². The summed E-state index contributed by atoms with van der Waals surface area (Å²) in [7, 11) is 0. The number of carbonyl (C=O) groups is 1. The number of hydrogen-bond acceptors (Lipinski definition) is 6. The van der Waals surface area contributed by atoms with E-state index in [0.29, 0.717) is 49.9 Å². The molecule has 1 aromatic heterocycles. The lowest BCUT2D eigenvalue weighted by Gasteiger charge is -2.39. The number of aromatic nitrogens is 2. The Bertz CT molecular complexity index is 986. The summed E-state index contributed by atoms with van der Waals surface area (Å²) in [6.07, 6.45) is 3.38. The highest BCUT2D eigenvalue weighted by Gasteiger charge is 2.44. The summed E-state index contributed by atoms with van der Waals surface area (Å²) in [6, 6.07) is 4.49. The van der Waals surface area contributed by atoms with E-state index in [9.17, 15) is 14.7 Å². The Hall–Kier alpha value is -2.61. The maximum atomic E-state index is 12.9. The number of benzene rings is 1. The first-order valence-corrected chi connectivity index (χ1v) is 9.98. The monoisotopic (exact) mass is 401 g/mol. The van der Waals surface area contributed by atoms with Crippen molar-refractivity contribution in [1.29, 1.82) is 0 Å². The minimum Gasteiger partial charge on any atom is -0.508 e. The van der Waals surface area contributed by atoms with Crippen LogP contribution in [0.1, 0.15) is 46.1 Å². The van der Waals surface area contributed by atoms with Gasteiger partial charge < -0.3 is 19.5 Å². The van der Waals surface area contributed by atoms with Crippen LogP contribution in [0.3, 0.4) is 0 Å². The highest BCUT2D eigenvalue weighted by Crippen LogP contribution is 2.40. The van der Waals surface area contributed by atoms with Crippen molar-refractivity contribution in [2.75, 3.05) is 19.7 Å². The summed E-state index contributed by atoms with van der Waals surface area (Å²) < 4.78 is 13.2. The fourth-order valence-corrected chi connectivity index (χ4v) is 4.15. The fraction of sp³-hybridized carbons (Fsp3) is 0.571. The lowest BCUT2D eigenvalue weighted by Crippen LogP contribution is -2.48. The quantitative estimate of drug-likeness (QED) is 0.790. The van der Waals surface area contributed by atoms with Gasteiger partial charge in [0, 0.05) is 13.1 Å². The number of hydrogen-bond donors (Lipinski definition) is 1. The molecule has 8 heteroatoms. The zero-order chi connectivity index (χ0) is 20.8. The second kappa shape index (κ2) is 7.02. The normalized spacial score (nSPS) is 21.6. The van der Waals surface area contributed by atoms with E-state index in [-0.39, 0.29) is 29.0 Å². The molecule has 2 aliphatic heterocycles. The van der Waals surface area contributed by atoms with Crippen molar-refractivity contribution < 1.29 is 19.4 Å². The molecule has 2 fully saturated rings. The van der Waals surface area contributed by atoms with Crippen molar-refractivity contribution in [2.24, 2.45) is 0 Å². The number of ether oxygens (including phenoxy) is 2. The maximum Gasteiger partial charge on any atom is 0.410 e. The number of aromatic hydroxyl groups is 1. The molecule has 4 rings (SSSR count). The summed E-state index contributed by atoms with van der Waals surface area (Å²) in [4.78, 5) is 31.3. The molecule has 1 atom stereocenters. The van der Waals surface area contributed by atoms with Gasteiger partial charge in [-0.15, -0.1) is 0 Å². The number of phenolic OH excluding ortho intramolecular Hbond substituents is 1. The van der Waals surface area contributed by atoms with Gasteiger partial charge in [0.05, 0.1) is 35.5 Å². The number of rotatable bonds is 1. The Morgan fingerprint density at radius 2 is 2.03 bits per heavy atom. The van der Waals surface area contributed by atoms with E-state index in [0.717, 1.165) is 0 Å². The molecule has 1 amide bonds. The predicted octanol–water partition coefficient (Wildman–Crippen LogP) is 2.83. The van der Waals surface area contributed by atoms with Gasteiger partial charge in [0.25, 0.3) is 5.56 Å². The van der Waals surface area contributed by atoms with E-state index in [4.69, 9.17) is 9.47 Å². The van der Waals surface area contributed by atoms with Gasteiger partial charge in [-0.2, -0.15) is 0 Å². The molecular weight excluding hydrogens is 374 g/mol. The van der Waals surface area contributed by atoms with Crippen LogP contribution in [0.5, 0.6) is 5.75 Å². The SMILES string of the molecule is CC(C)(C)OC(=O)N1CCC2(CC1)C[C@H](n1cnc3ccc(O)cc3c1=O)CO2. The van der Waals surface area contributed by atoms with Crippen LogP contribution in [0, 0.1) is 0 Å². The third-order valence-corrected chi connectivity index (χ3v) is 5.68. The Kier molecular flexibility index (Phi) is 4.77. The largest absolute Gasteiger partial charge is 0.508 e. The molecule has 1 spiro atoms. The summed E-state index contributed by atoms with van der Waals surface area (Å²) in [5, 5.41) is 10.1. The minimum absolute atomic E-state index is 0.0443. The highest BCUT2D eigenvalue weighted by molar-refractivity contribution is 5.78. The molecule has 2 aromatic rings. The predicted molar refractivity (Wildman–Crippen MR) is 107 cm³/mol. The number of nitrogens with zero attached hydrogens (tertiary/aromatic N) is 3. The average Bonchev–Trinajstić information content (AvgIpc) is 3.05. The van der Waals surface area contributed by atoms with E-state index in [1.807, 2.05) is 20.8 Å². The van der Waals surface area contributed by atoms with Crippen LogP contribution in [0.15, 0.2) is 29.3 Å². The summed E-state index contributed by atoms with van der Waals surface area (Å²) in [5.74, 6) is 0.0443. The van der Waals surface area contributed by atoms with E-state index in [2.05, 4.69) is 4.98 Å². The zero-order valence-corrected chi connectivity index (χ0v) is 17.1. The van der Waals surface area contributed by atoms with Gasteiger partial charge in [-0.05, 0) is 58.2 Å². The second-order valence-electron chi connectivity index (χ2n) is 8.98. The van der Waals surface area contributed by atoms with Crippen molar-refractivity contribution in [3.63, 3.8) is 0 Å². The van der Waals surface area contributed by atoms with Gasteiger partial charge in [-0.3, -0.25) is 9.36 Å². The lowest BCUT2D eigenvalue weighted by atomic mass is 9.87. The standard InChI is InChI=1S/C21H27N3O5/c1-20(2,3)29-19(27)23-8-6-21(7-9-23)11-14(12-28-21)24-13-22-17-5-4-15(25)10-16(17)18(24)26/h4-5,10,13-14,25H,6-9,11-12H2,1-3H3/t14-/m0/s1. The van der Waals surface area contributed by atoms with Gasteiger partial charge in [0.1, 0.15) is 11.4 Å². The van der Waals surface area contributed by atoms with Gasteiger partial charge in [-0.1, -0.05) is 0 Å². The first-order chi connectivity index (χ1) is 13.7. The van der Waals surface area contributed by atoms with Crippen LogP contribution in [-0.2, 0) is 9.47 Å². The van der Waals surface area contributed by atoms with Crippen molar-refractivity contribution in [3.05, 3.63) is 34.9 Å². The molecular formula is C21H27N3O5. The van der Waals surface area contributed by atoms with E-state index in [1.54, 1.807) is 21.9 Å². The maximum absolute atomic E-state index is 12.9. The smallest absolute Gasteiger partial charge is 0.410 e. The summed E-state index contributed by atoms with van der Waals surface area (Å²) in [5.41, 5.74) is -0.470. The molecule has 0 aliphatic carbocycles. The van der Waals surface area contributed by atoms with Crippen LogP contribution < -0.4 is 5.56 Å². The Balaban J connectivity index is 1.46. The zero-order valence-electron chi connectivity index (χ0n) is 17.1. The van der Waals surface area contributed by atoms with E-state index < -0.39 is 5.60 Å². The Morgan fingerprint density at radius 1 is 1.31 bits per heavy atom. The molecule has 0 saturated carbocycles. The minimum atomic E-state index is -0.514. The number of phenols is 1. The van der Waals surface area contributed by atoms with Crippen LogP contribution in [0.25, 0.3) is 10.9 Å². The molecule has 2 saturated heterocycles. The number of carbonyl (C=O) groups excluding carboxylic acids is 1. The van der Waals surface area contributed by atoms with Crippen LogP contribution >= 0.6 is 0 Å². The van der Waals surface area contributed by atoms with E-state index in [1.165, 1.54) is 12.1 Å². The first-order valence-electron chi connectivity index (χ1n) is 9.98. The Labute approximate surface area is 169 Å². The molecule has 0 radical (unpaired) electrons. The topological polar surface area (TPSA) is 93.9 Å². The third-order valence-electron chi connectivity index (χ3n) is 5.68. The molecule has 29 heavy (non-hydrogen) atoms. The molecule has 156 valence electrons. The van der Waals surface area contributed by atoms with Crippen LogP contribution in [0.4, 0.5) is 4.79 Å². The number of piperidine rings is 1. The van der Waals surface area contributed by atoms with Gasteiger partial charge in [-0.25, -0.2) is 9.78 Å². The van der Waals surface area contributed by atoms with Gasteiger partial charge in [0.2, 0.25) is 0 Å². The number of likely N-dealkylation sites (tertiary alicyclic amines) is 1. The Morgan fingerprint density at radius 3 is 2.72 bits per heavy atom. The third kappa shape index (κ3) is 3.94. The number of fused-ring (bicyclic) bond motifs is 1. The molecule has 1 aromatic carbocycles.